The first-order valence-corrected chi connectivity index (χ1v) is 6.33. The zero-order valence-electron chi connectivity index (χ0n) is 8.57. The fourth-order valence-corrected chi connectivity index (χ4v) is 2.64. The number of nitrogens with zero attached hydrogens (tertiary/aromatic N) is 2. The molecule has 88 valence electrons. The van der Waals surface area contributed by atoms with Crippen LogP contribution in [0.1, 0.15) is 17.3 Å². The van der Waals surface area contributed by atoms with E-state index in [4.69, 9.17) is 5.73 Å². The molecule has 0 spiro atoms. The van der Waals surface area contributed by atoms with Crippen LogP contribution in [0, 0.1) is 5.82 Å². The lowest BCUT2D eigenvalue weighted by Gasteiger charge is -2.13. The van der Waals surface area contributed by atoms with Crippen LogP contribution >= 0.6 is 31.9 Å². The molecule has 0 saturated heterocycles. The van der Waals surface area contributed by atoms with Gasteiger partial charge >= 0.3 is 0 Å². The smallest absolute Gasteiger partial charge is 0.141 e. The summed E-state index contributed by atoms with van der Waals surface area (Å²) < 4.78 is 14.7. The van der Waals surface area contributed by atoms with E-state index >= 15 is 0 Å². The maximum Gasteiger partial charge on any atom is 0.141 e. The Labute approximate surface area is 115 Å². The third-order valence-electron chi connectivity index (χ3n) is 2.22. The van der Waals surface area contributed by atoms with Gasteiger partial charge in [-0.05, 0) is 49.6 Å². The number of halogens is 3. The lowest BCUT2D eigenvalue weighted by atomic mass is 10.1. The highest BCUT2D eigenvalue weighted by atomic mass is 79.9. The third-order valence-corrected chi connectivity index (χ3v) is 3.28. The van der Waals surface area contributed by atoms with Gasteiger partial charge in [0.05, 0.1) is 17.9 Å². The summed E-state index contributed by atoms with van der Waals surface area (Å²) in [6, 6.07) is 2.68. The third kappa shape index (κ3) is 2.88. The molecule has 0 aromatic carbocycles. The Morgan fingerprint density at radius 1 is 1.18 bits per heavy atom. The van der Waals surface area contributed by atoms with Crippen molar-refractivity contribution in [1.82, 2.24) is 9.97 Å². The monoisotopic (exact) mass is 359 g/mol. The van der Waals surface area contributed by atoms with Gasteiger partial charge in [-0.25, -0.2) is 4.39 Å². The molecule has 2 aromatic heterocycles. The summed E-state index contributed by atoms with van der Waals surface area (Å²) in [6.45, 7) is 0. The standard InChI is InChI=1S/C11H8Br2FN3/c12-7-2-9(13)11(17-4-7)10(15)6-1-8(14)5-16-3-6/h1-5,10H,15H2. The average molecular weight is 361 g/mol. The first kappa shape index (κ1) is 12.6. The number of hydrogen-bond acceptors (Lipinski definition) is 3. The zero-order chi connectivity index (χ0) is 12.4. The van der Waals surface area contributed by atoms with Crippen LogP contribution in [-0.2, 0) is 0 Å². The second-order valence-corrected chi connectivity index (χ2v) is 5.20. The molecule has 0 aliphatic heterocycles. The van der Waals surface area contributed by atoms with E-state index in [-0.39, 0.29) is 0 Å². The van der Waals surface area contributed by atoms with Gasteiger partial charge in [-0.2, -0.15) is 0 Å². The van der Waals surface area contributed by atoms with Gasteiger partial charge in [0.2, 0.25) is 0 Å². The van der Waals surface area contributed by atoms with Crippen LogP contribution in [0.25, 0.3) is 0 Å². The topological polar surface area (TPSA) is 51.8 Å². The van der Waals surface area contributed by atoms with Crippen molar-refractivity contribution in [3.8, 4) is 0 Å². The summed E-state index contributed by atoms with van der Waals surface area (Å²) in [5.41, 5.74) is 7.24. The first-order chi connectivity index (χ1) is 8.08. The van der Waals surface area contributed by atoms with Gasteiger partial charge in [0.15, 0.2) is 0 Å². The minimum atomic E-state index is -0.513. The summed E-state index contributed by atoms with van der Waals surface area (Å²) in [6.07, 6.45) is 4.32. The predicted octanol–water partition coefficient (Wildman–Crippen LogP) is 3.19. The van der Waals surface area contributed by atoms with Crippen LogP contribution in [0.4, 0.5) is 4.39 Å². The Kier molecular flexibility index (Phi) is 3.86. The Hall–Kier alpha value is -0.850. The Morgan fingerprint density at radius 2 is 1.94 bits per heavy atom. The summed E-state index contributed by atoms with van der Waals surface area (Å²) in [5.74, 6) is -0.411. The number of pyridine rings is 2. The lowest BCUT2D eigenvalue weighted by molar-refractivity contribution is 0.615. The molecular formula is C11H8Br2FN3. The maximum absolute atomic E-state index is 13.1. The maximum atomic E-state index is 13.1. The van der Waals surface area contributed by atoms with Crippen molar-refractivity contribution in [3.05, 3.63) is 56.7 Å². The molecule has 0 saturated carbocycles. The van der Waals surface area contributed by atoms with E-state index in [0.717, 1.165) is 15.1 Å². The van der Waals surface area contributed by atoms with Gasteiger partial charge in [-0.3, -0.25) is 9.97 Å². The van der Waals surface area contributed by atoms with Crippen LogP contribution in [0.15, 0.2) is 39.7 Å². The number of hydrogen-bond donors (Lipinski definition) is 1. The van der Waals surface area contributed by atoms with Crippen molar-refractivity contribution < 1.29 is 4.39 Å². The van der Waals surface area contributed by atoms with Gasteiger partial charge in [0, 0.05) is 21.3 Å². The van der Waals surface area contributed by atoms with E-state index in [1.807, 2.05) is 6.07 Å². The van der Waals surface area contributed by atoms with Gasteiger partial charge in [-0.1, -0.05) is 0 Å². The van der Waals surface area contributed by atoms with Crippen LogP contribution < -0.4 is 5.73 Å². The molecule has 17 heavy (non-hydrogen) atoms. The van der Waals surface area contributed by atoms with E-state index in [0.29, 0.717) is 11.3 Å². The molecule has 0 radical (unpaired) electrons. The molecule has 6 heteroatoms. The Morgan fingerprint density at radius 3 is 2.59 bits per heavy atom. The molecule has 2 rings (SSSR count). The molecule has 0 aliphatic carbocycles. The summed E-state index contributed by atoms with van der Waals surface area (Å²) in [5, 5.41) is 0. The summed E-state index contributed by atoms with van der Waals surface area (Å²) >= 11 is 6.68. The van der Waals surface area contributed by atoms with Crippen LogP contribution in [0.3, 0.4) is 0 Å². The van der Waals surface area contributed by atoms with E-state index in [2.05, 4.69) is 41.8 Å². The van der Waals surface area contributed by atoms with Crippen molar-refractivity contribution in [2.45, 2.75) is 6.04 Å². The second kappa shape index (κ2) is 5.20. The molecule has 3 nitrogen and oxygen atoms in total. The molecule has 0 amide bonds. The van der Waals surface area contributed by atoms with E-state index in [1.165, 1.54) is 12.3 Å². The largest absolute Gasteiger partial charge is 0.319 e. The van der Waals surface area contributed by atoms with Gasteiger partial charge in [0.25, 0.3) is 0 Å². The lowest BCUT2D eigenvalue weighted by Crippen LogP contribution is -2.14. The molecule has 0 aliphatic rings. The Balaban J connectivity index is 2.40. The number of nitrogens with two attached hydrogens (primary N) is 1. The molecule has 0 bridgehead atoms. The van der Waals surface area contributed by atoms with Crippen molar-refractivity contribution in [1.29, 1.82) is 0 Å². The Bertz CT molecular complexity index is 548. The number of rotatable bonds is 2. The molecule has 2 aromatic rings. The van der Waals surface area contributed by atoms with Gasteiger partial charge in [-0.15, -0.1) is 0 Å². The SMILES string of the molecule is NC(c1cncc(F)c1)c1ncc(Br)cc1Br. The predicted molar refractivity (Wildman–Crippen MR) is 69.9 cm³/mol. The summed E-state index contributed by atoms with van der Waals surface area (Å²) in [7, 11) is 0. The fraction of sp³-hybridized carbons (Fsp3) is 0.0909. The van der Waals surface area contributed by atoms with E-state index in [1.54, 1.807) is 6.20 Å². The highest BCUT2D eigenvalue weighted by molar-refractivity contribution is 9.11. The quantitative estimate of drug-likeness (QED) is 0.894. The van der Waals surface area contributed by atoms with E-state index in [9.17, 15) is 4.39 Å². The normalized spacial score (nSPS) is 12.5. The molecule has 1 unspecified atom stereocenters. The molecule has 2 heterocycles. The molecule has 0 fully saturated rings. The van der Waals surface area contributed by atoms with Crippen molar-refractivity contribution in [3.63, 3.8) is 0 Å². The van der Waals surface area contributed by atoms with E-state index < -0.39 is 11.9 Å². The molecule has 1 atom stereocenters. The average Bonchev–Trinajstić information content (AvgIpc) is 2.28. The minimum Gasteiger partial charge on any atom is -0.319 e. The minimum absolute atomic E-state index is 0.411. The highest BCUT2D eigenvalue weighted by Crippen LogP contribution is 2.27. The molecule has 2 N–H and O–H groups in total. The van der Waals surface area contributed by atoms with Crippen molar-refractivity contribution in [2.75, 3.05) is 0 Å². The zero-order valence-corrected chi connectivity index (χ0v) is 11.7. The van der Waals surface area contributed by atoms with Gasteiger partial charge < -0.3 is 5.73 Å². The van der Waals surface area contributed by atoms with Crippen LogP contribution in [0.2, 0.25) is 0 Å². The van der Waals surface area contributed by atoms with Gasteiger partial charge in [0.1, 0.15) is 5.82 Å². The first-order valence-electron chi connectivity index (χ1n) is 4.75. The van der Waals surface area contributed by atoms with Crippen molar-refractivity contribution in [2.24, 2.45) is 5.73 Å². The summed E-state index contributed by atoms with van der Waals surface area (Å²) in [4.78, 5) is 7.99. The fourth-order valence-electron chi connectivity index (χ4n) is 1.41. The second-order valence-electron chi connectivity index (χ2n) is 3.43. The van der Waals surface area contributed by atoms with Crippen molar-refractivity contribution >= 4 is 31.9 Å². The number of aromatic nitrogens is 2. The van der Waals surface area contributed by atoms with Crippen LogP contribution in [0.5, 0.6) is 0 Å². The highest BCUT2D eigenvalue weighted by Gasteiger charge is 2.15. The molecular weight excluding hydrogens is 353 g/mol. The van der Waals surface area contributed by atoms with Crippen LogP contribution in [-0.4, -0.2) is 9.97 Å².